The Hall–Kier alpha value is 0.00688. The highest BCUT2D eigenvalue weighted by atomic mass is 32.3. The lowest BCUT2D eigenvalue weighted by Crippen LogP contribution is -2.30. The predicted molar refractivity (Wildman–Crippen MR) is 50.5 cm³/mol. The maximum absolute atomic E-state index is 8.74. The molecule has 6 nitrogen and oxygen atoms in total. The first-order chi connectivity index (χ1) is 5.93. The lowest BCUT2D eigenvalue weighted by molar-refractivity contribution is 0.0650. The van der Waals surface area contributed by atoms with Gasteiger partial charge in [0, 0.05) is 6.61 Å². The van der Waals surface area contributed by atoms with Crippen molar-refractivity contribution < 1.29 is 22.3 Å². The Balaban J connectivity index is 0.000000252. The molecular weight excluding hydrogens is 214 g/mol. The Morgan fingerprint density at radius 1 is 1.38 bits per heavy atom. The molecule has 0 aliphatic carbocycles. The van der Waals surface area contributed by atoms with Gasteiger partial charge >= 0.3 is 10.4 Å². The van der Waals surface area contributed by atoms with E-state index in [4.69, 9.17) is 27.7 Å². The Bertz CT molecular complexity index is 205. The molecule has 1 saturated heterocycles. The minimum Gasteiger partial charge on any atom is -0.381 e. The molecule has 0 amide bonds. The van der Waals surface area contributed by atoms with E-state index in [9.17, 15) is 0 Å². The molecule has 13 heavy (non-hydrogen) atoms. The van der Waals surface area contributed by atoms with Gasteiger partial charge in [-0.3, -0.25) is 9.11 Å². The summed E-state index contributed by atoms with van der Waals surface area (Å²) in [6.07, 6.45) is 3.79. The van der Waals surface area contributed by atoms with E-state index in [-0.39, 0.29) is 9.68 Å². The molecule has 0 saturated carbocycles. The number of ether oxygens (including phenoxy) is 1. The van der Waals surface area contributed by atoms with Crippen LogP contribution in [0.4, 0.5) is 0 Å². The van der Waals surface area contributed by atoms with Crippen LogP contribution in [0.25, 0.3) is 0 Å². The molecule has 0 spiro atoms. The maximum Gasteiger partial charge on any atom is 0.394 e. The van der Waals surface area contributed by atoms with Crippen LogP contribution in [0.5, 0.6) is 0 Å². The van der Waals surface area contributed by atoms with Crippen LogP contribution in [-0.2, 0) is 15.1 Å². The average Bonchev–Trinajstić information content (AvgIpc) is 2.03. The van der Waals surface area contributed by atoms with Crippen LogP contribution in [0.3, 0.4) is 0 Å². The first kappa shape index (κ1) is 13.0. The van der Waals surface area contributed by atoms with Crippen molar-refractivity contribution in [2.75, 3.05) is 6.61 Å². The second kappa shape index (κ2) is 6.46. The van der Waals surface area contributed by atoms with E-state index in [1.807, 2.05) is 0 Å². The van der Waals surface area contributed by atoms with E-state index in [1.165, 1.54) is 19.3 Å². The molecule has 0 aromatic heterocycles. The van der Waals surface area contributed by atoms with Gasteiger partial charge < -0.3 is 10.1 Å². The lowest BCUT2D eigenvalue weighted by Gasteiger charge is -2.19. The molecule has 1 aliphatic heterocycles. The fourth-order valence-corrected chi connectivity index (χ4v) is 1.82. The standard InChI is InChI=1S/C5H13NOSi.H2O4S/c6-8-5-3-1-2-4-7-5;1-5(2,3)4/h5H,1-4,6,8H2;(H2,1,2,3,4). The second-order valence-corrected chi connectivity index (χ2v) is 4.95. The van der Waals surface area contributed by atoms with E-state index < -0.39 is 10.4 Å². The lowest BCUT2D eigenvalue weighted by atomic mass is 10.2. The van der Waals surface area contributed by atoms with Gasteiger partial charge in [0.1, 0.15) is 9.68 Å². The van der Waals surface area contributed by atoms with Gasteiger partial charge in [0.05, 0.1) is 5.73 Å². The molecule has 1 unspecified atom stereocenters. The van der Waals surface area contributed by atoms with E-state index in [1.54, 1.807) is 0 Å². The third-order valence-corrected chi connectivity index (χ3v) is 2.71. The van der Waals surface area contributed by atoms with Gasteiger partial charge in [0.2, 0.25) is 0 Å². The zero-order valence-electron chi connectivity index (χ0n) is 7.22. The van der Waals surface area contributed by atoms with Gasteiger partial charge in [-0.05, 0) is 19.3 Å². The molecule has 0 aromatic rings. The zero-order chi connectivity index (χ0) is 10.3. The van der Waals surface area contributed by atoms with Crippen molar-refractivity contribution in [1.29, 1.82) is 0 Å². The smallest absolute Gasteiger partial charge is 0.381 e. The van der Waals surface area contributed by atoms with Crippen LogP contribution >= 0.6 is 0 Å². The second-order valence-electron chi connectivity index (χ2n) is 2.67. The highest BCUT2D eigenvalue weighted by Gasteiger charge is 2.10. The topological polar surface area (TPSA) is 110 Å². The maximum atomic E-state index is 8.74. The summed E-state index contributed by atoms with van der Waals surface area (Å²) in [5.41, 5.74) is 0.503. The summed E-state index contributed by atoms with van der Waals surface area (Å²) >= 11 is 0. The highest BCUT2D eigenvalue weighted by molar-refractivity contribution is 7.79. The van der Waals surface area contributed by atoms with Crippen molar-refractivity contribution in [3.05, 3.63) is 0 Å². The van der Waals surface area contributed by atoms with E-state index in [0.29, 0.717) is 5.73 Å². The fourth-order valence-electron chi connectivity index (χ4n) is 0.993. The van der Waals surface area contributed by atoms with Gasteiger partial charge in [-0.25, -0.2) is 0 Å². The summed E-state index contributed by atoms with van der Waals surface area (Å²) < 4.78 is 36.9. The van der Waals surface area contributed by atoms with Crippen LogP contribution in [0, 0.1) is 0 Å². The van der Waals surface area contributed by atoms with Gasteiger partial charge in [0.15, 0.2) is 0 Å². The molecule has 4 N–H and O–H groups in total. The molecule has 1 aliphatic rings. The van der Waals surface area contributed by atoms with Crippen molar-refractivity contribution in [3.8, 4) is 0 Å². The Morgan fingerprint density at radius 2 is 1.92 bits per heavy atom. The number of hydrogen-bond acceptors (Lipinski definition) is 4. The van der Waals surface area contributed by atoms with Crippen LogP contribution in [0.1, 0.15) is 19.3 Å². The van der Waals surface area contributed by atoms with Crippen molar-refractivity contribution >= 4 is 20.1 Å². The Labute approximate surface area is 79.9 Å². The average molecular weight is 229 g/mol. The SMILES string of the molecule is N[SiH2]C1CCCCO1.O=S(=O)(O)O. The highest BCUT2D eigenvalue weighted by Crippen LogP contribution is 2.09. The minimum atomic E-state index is -4.67. The molecule has 80 valence electrons. The molecule has 1 atom stereocenters. The van der Waals surface area contributed by atoms with Crippen LogP contribution < -0.4 is 5.40 Å². The Morgan fingerprint density at radius 3 is 2.15 bits per heavy atom. The first-order valence-corrected chi connectivity index (χ1v) is 6.98. The van der Waals surface area contributed by atoms with Crippen molar-refractivity contribution in [1.82, 2.24) is 0 Å². The minimum absolute atomic E-state index is 0.354. The fraction of sp³-hybridized carbons (Fsp3) is 1.00. The summed E-state index contributed by atoms with van der Waals surface area (Å²) in [6, 6.07) is 0. The van der Waals surface area contributed by atoms with Crippen LogP contribution in [0.15, 0.2) is 0 Å². The summed E-state index contributed by atoms with van der Waals surface area (Å²) in [5, 5.41) is 5.52. The van der Waals surface area contributed by atoms with E-state index in [0.717, 1.165) is 6.61 Å². The third kappa shape index (κ3) is 12.0. The quantitative estimate of drug-likeness (QED) is 0.389. The van der Waals surface area contributed by atoms with Crippen LogP contribution in [-0.4, -0.2) is 39.5 Å². The van der Waals surface area contributed by atoms with Gasteiger partial charge in [-0.2, -0.15) is 8.42 Å². The van der Waals surface area contributed by atoms with Crippen molar-refractivity contribution in [3.63, 3.8) is 0 Å². The molecule has 8 heteroatoms. The number of nitrogens with two attached hydrogens (primary N) is 1. The zero-order valence-corrected chi connectivity index (χ0v) is 9.45. The van der Waals surface area contributed by atoms with Gasteiger partial charge in [0.25, 0.3) is 0 Å². The van der Waals surface area contributed by atoms with Gasteiger partial charge in [-0.1, -0.05) is 0 Å². The number of hydrogen-bond donors (Lipinski definition) is 3. The predicted octanol–water partition coefficient (Wildman–Crippen LogP) is -1.10. The molecule has 1 rings (SSSR count). The third-order valence-electron chi connectivity index (χ3n) is 1.54. The number of rotatable bonds is 1. The van der Waals surface area contributed by atoms with Gasteiger partial charge in [-0.15, -0.1) is 0 Å². The normalized spacial score (nSPS) is 24.1. The first-order valence-electron chi connectivity index (χ1n) is 3.95. The molecule has 0 aromatic carbocycles. The summed E-state index contributed by atoms with van der Waals surface area (Å²) in [7, 11) is -5.02. The monoisotopic (exact) mass is 229 g/mol. The molecule has 0 bridgehead atoms. The van der Waals surface area contributed by atoms with Crippen LogP contribution in [0.2, 0.25) is 0 Å². The summed E-state index contributed by atoms with van der Waals surface area (Å²) in [6.45, 7) is 0.953. The molecular formula is C5H15NO5SSi. The Kier molecular flexibility index (Phi) is 6.46. The summed E-state index contributed by atoms with van der Waals surface area (Å²) in [5.74, 6) is 0. The molecule has 0 radical (unpaired) electrons. The molecule has 1 fully saturated rings. The van der Waals surface area contributed by atoms with Crippen molar-refractivity contribution in [2.24, 2.45) is 5.40 Å². The van der Waals surface area contributed by atoms with E-state index in [2.05, 4.69) is 0 Å². The largest absolute Gasteiger partial charge is 0.394 e. The molecule has 1 heterocycles. The van der Waals surface area contributed by atoms with E-state index >= 15 is 0 Å². The van der Waals surface area contributed by atoms with Crippen molar-refractivity contribution in [2.45, 2.75) is 25.0 Å². The summed E-state index contributed by atoms with van der Waals surface area (Å²) in [4.78, 5) is 0.